The van der Waals surface area contributed by atoms with Crippen molar-refractivity contribution in [2.45, 2.75) is 12.5 Å². The van der Waals surface area contributed by atoms with Gasteiger partial charge in [-0.2, -0.15) is 0 Å². The smallest absolute Gasteiger partial charge is 0.328 e. The average molecular weight is 260 g/mol. The minimum atomic E-state index is -0.789. The van der Waals surface area contributed by atoms with Gasteiger partial charge >= 0.3 is 5.97 Å². The Kier molecular flexibility index (Phi) is 5.47. The van der Waals surface area contributed by atoms with E-state index < -0.39 is 12.0 Å². The summed E-state index contributed by atoms with van der Waals surface area (Å²) in [6, 6.07) is 2.47. The number of rotatable bonds is 6. The molecule has 0 aliphatic carbocycles. The van der Waals surface area contributed by atoms with E-state index in [2.05, 4.69) is 28.2 Å². The number of nitrogens with zero attached hydrogens (tertiary/aromatic N) is 1. The number of hydrogen-bond acceptors (Lipinski definition) is 4. The average Bonchev–Trinajstić information content (AvgIpc) is 2.46. The molecule has 0 saturated heterocycles. The summed E-state index contributed by atoms with van der Waals surface area (Å²) >= 11 is 0. The van der Waals surface area contributed by atoms with Crippen molar-refractivity contribution in [3.8, 4) is 0 Å². The van der Waals surface area contributed by atoms with Crippen LogP contribution in [0.1, 0.15) is 16.8 Å². The first-order chi connectivity index (χ1) is 9.08. The summed E-state index contributed by atoms with van der Waals surface area (Å²) in [6.07, 6.45) is 4.77. The van der Waals surface area contributed by atoms with Crippen molar-refractivity contribution < 1.29 is 14.3 Å². The fourth-order valence-corrected chi connectivity index (χ4v) is 1.42. The van der Waals surface area contributed by atoms with Crippen LogP contribution >= 0.6 is 0 Å². The minimum absolute atomic E-state index is 0.252. The van der Waals surface area contributed by atoms with Crippen molar-refractivity contribution in [3.63, 3.8) is 0 Å². The zero-order valence-corrected chi connectivity index (χ0v) is 10.8. The van der Waals surface area contributed by atoms with Crippen LogP contribution in [-0.2, 0) is 9.53 Å². The molecule has 1 N–H and O–H groups in total. The number of aromatic nitrogens is 1. The summed E-state index contributed by atoms with van der Waals surface area (Å²) in [7, 11) is 1.27. The molecule has 0 aromatic carbocycles. The second kappa shape index (κ2) is 7.10. The lowest BCUT2D eigenvalue weighted by Gasteiger charge is -2.16. The number of pyridine rings is 1. The van der Waals surface area contributed by atoms with Crippen LogP contribution in [0.5, 0.6) is 0 Å². The number of esters is 1. The Balaban J connectivity index is 2.77. The summed E-state index contributed by atoms with van der Waals surface area (Å²) in [5.41, 5.74) is 1.02. The van der Waals surface area contributed by atoms with Gasteiger partial charge < -0.3 is 10.1 Å². The maximum Gasteiger partial charge on any atom is 0.328 e. The van der Waals surface area contributed by atoms with Gasteiger partial charge in [0.15, 0.2) is 0 Å². The number of ether oxygens (including phenoxy) is 1. The summed E-state index contributed by atoms with van der Waals surface area (Å²) in [5, 5.41) is 2.59. The van der Waals surface area contributed by atoms with Crippen LogP contribution in [0, 0.1) is 0 Å². The van der Waals surface area contributed by atoms with Gasteiger partial charge in [-0.15, -0.1) is 0 Å². The summed E-state index contributed by atoms with van der Waals surface area (Å²) in [6.45, 7) is 7.28. The molecular formula is C14H16N2O3. The largest absolute Gasteiger partial charge is 0.467 e. The molecule has 0 saturated carbocycles. The normalized spacial score (nSPS) is 11.2. The molecule has 19 heavy (non-hydrogen) atoms. The molecule has 1 unspecified atom stereocenters. The molecule has 1 aromatic heterocycles. The second-order valence-electron chi connectivity index (χ2n) is 3.86. The maximum atomic E-state index is 11.9. The van der Waals surface area contributed by atoms with Crippen LogP contribution in [0.3, 0.4) is 0 Å². The maximum absolute atomic E-state index is 11.9. The third-order valence-corrected chi connectivity index (χ3v) is 2.47. The van der Waals surface area contributed by atoms with Gasteiger partial charge in [-0.25, -0.2) is 4.79 Å². The predicted molar refractivity (Wildman–Crippen MR) is 71.5 cm³/mol. The zero-order chi connectivity index (χ0) is 14.3. The number of nitrogens with one attached hydrogen (secondary N) is 1. The van der Waals surface area contributed by atoms with E-state index in [1.165, 1.54) is 19.4 Å². The Morgan fingerprint density at radius 3 is 2.84 bits per heavy atom. The van der Waals surface area contributed by atoms with Crippen molar-refractivity contribution in [3.05, 3.63) is 54.9 Å². The molecule has 1 amide bonds. The Labute approximate surface area is 112 Å². The highest BCUT2D eigenvalue weighted by atomic mass is 16.5. The molecular weight excluding hydrogens is 244 g/mol. The van der Waals surface area contributed by atoms with Crippen LogP contribution in [-0.4, -0.2) is 30.0 Å². The van der Waals surface area contributed by atoms with Gasteiger partial charge in [-0.1, -0.05) is 24.8 Å². The molecule has 1 heterocycles. The lowest BCUT2D eigenvalue weighted by atomic mass is 10.1. The van der Waals surface area contributed by atoms with Crippen LogP contribution < -0.4 is 5.32 Å². The van der Waals surface area contributed by atoms with E-state index in [-0.39, 0.29) is 12.3 Å². The molecule has 5 heteroatoms. The van der Waals surface area contributed by atoms with Crippen molar-refractivity contribution in [1.29, 1.82) is 0 Å². The Morgan fingerprint density at radius 2 is 2.32 bits per heavy atom. The first-order valence-electron chi connectivity index (χ1n) is 5.67. The summed E-state index contributed by atoms with van der Waals surface area (Å²) in [5.74, 6) is -0.916. The number of hydrogen-bond donors (Lipinski definition) is 1. The zero-order valence-electron chi connectivity index (χ0n) is 10.8. The molecule has 0 bridgehead atoms. The van der Waals surface area contributed by atoms with Crippen molar-refractivity contribution in [1.82, 2.24) is 10.3 Å². The summed E-state index contributed by atoms with van der Waals surface area (Å²) < 4.78 is 4.65. The molecule has 0 radical (unpaired) electrons. The first-order valence-corrected chi connectivity index (χ1v) is 5.67. The third kappa shape index (κ3) is 4.39. The number of carbonyl (C=O) groups is 2. The molecule has 1 rings (SSSR count). The summed E-state index contributed by atoms with van der Waals surface area (Å²) in [4.78, 5) is 27.4. The predicted octanol–water partition coefficient (Wildman–Crippen LogP) is 1.49. The first kappa shape index (κ1) is 14.6. The van der Waals surface area contributed by atoms with Crippen molar-refractivity contribution in [2.75, 3.05) is 7.11 Å². The van der Waals surface area contributed by atoms with Gasteiger partial charge in [0.1, 0.15) is 6.04 Å². The van der Waals surface area contributed by atoms with Gasteiger partial charge in [-0.05, 0) is 12.1 Å². The van der Waals surface area contributed by atoms with E-state index >= 15 is 0 Å². The van der Waals surface area contributed by atoms with E-state index in [4.69, 9.17) is 0 Å². The number of methoxy groups -OCH3 is 1. The second-order valence-corrected chi connectivity index (χ2v) is 3.86. The van der Waals surface area contributed by atoms with Gasteiger partial charge in [0.05, 0.1) is 12.7 Å². The van der Waals surface area contributed by atoms with Gasteiger partial charge in [0, 0.05) is 18.8 Å². The van der Waals surface area contributed by atoms with Crippen LogP contribution in [0.25, 0.3) is 0 Å². The van der Waals surface area contributed by atoms with E-state index in [0.717, 1.165) is 0 Å². The number of amides is 1. The Bertz CT molecular complexity index is 483. The molecule has 0 aliphatic rings. The molecule has 100 valence electrons. The third-order valence-electron chi connectivity index (χ3n) is 2.47. The Morgan fingerprint density at radius 1 is 1.58 bits per heavy atom. The Hall–Kier alpha value is -2.43. The highest BCUT2D eigenvalue weighted by Gasteiger charge is 2.22. The van der Waals surface area contributed by atoms with Crippen molar-refractivity contribution in [2.24, 2.45) is 0 Å². The van der Waals surface area contributed by atoms with Gasteiger partial charge in [-0.3, -0.25) is 9.78 Å². The molecule has 1 atom stereocenters. The van der Waals surface area contributed by atoms with E-state index in [9.17, 15) is 9.59 Å². The number of allylic oxidation sites excluding steroid dienone is 1. The van der Waals surface area contributed by atoms with E-state index in [0.29, 0.717) is 11.1 Å². The van der Waals surface area contributed by atoms with Crippen molar-refractivity contribution >= 4 is 11.9 Å². The highest BCUT2D eigenvalue weighted by Crippen LogP contribution is 2.07. The molecule has 0 spiro atoms. The van der Waals surface area contributed by atoms with E-state index in [1.807, 2.05) is 0 Å². The molecule has 0 fully saturated rings. The topological polar surface area (TPSA) is 68.3 Å². The van der Waals surface area contributed by atoms with Crippen LogP contribution in [0.2, 0.25) is 0 Å². The molecule has 1 aromatic rings. The highest BCUT2D eigenvalue weighted by molar-refractivity contribution is 5.96. The quantitative estimate of drug-likeness (QED) is 0.621. The standard InChI is InChI=1S/C14H16N2O3/c1-4-10(2)8-12(14(18)19-3)16-13(17)11-6-5-7-15-9-11/h4-7,9,12H,1-2,8H2,3H3,(H,16,17). The fraction of sp³-hybridized carbons (Fsp3) is 0.214. The minimum Gasteiger partial charge on any atom is -0.467 e. The molecule has 0 aliphatic heterocycles. The lowest BCUT2D eigenvalue weighted by Crippen LogP contribution is -2.41. The van der Waals surface area contributed by atoms with Crippen LogP contribution in [0.15, 0.2) is 49.3 Å². The SMILES string of the molecule is C=CC(=C)CC(NC(=O)c1cccnc1)C(=O)OC. The number of carbonyl (C=O) groups excluding carboxylic acids is 2. The molecule has 5 nitrogen and oxygen atoms in total. The monoisotopic (exact) mass is 260 g/mol. The van der Waals surface area contributed by atoms with Crippen LogP contribution in [0.4, 0.5) is 0 Å². The fourth-order valence-electron chi connectivity index (χ4n) is 1.42. The lowest BCUT2D eigenvalue weighted by molar-refractivity contribution is -0.142. The van der Waals surface area contributed by atoms with Gasteiger partial charge in [0.25, 0.3) is 5.91 Å². The van der Waals surface area contributed by atoms with Gasteiger partial charge in [0.2, 0.25) is 0 Å². The van der Waals surface area contributed by atoms with E-state index in [1.54, 1.807) is 18.3 Å².